The van der Waals surface area contributed by atoms with E-state index >= 15 is 0 Å². The Morgan fingerprint density at radius 2 is 2.16 bits per heavy atom. The smallest absolute Gasteiger partial charge is 0.256 e. The molecule has 19 heavy (non-hydrogen) atoms. The van der Waals surface area contributed by atoms with Crippen LogP contribution in [0.1, 0.15) is 23.2 Å². The van der Waals surface area contributed by atoms with Gasteiger partial charge in [-0.15, -0.1) is 0 Å². The van der Waals surface area contributed by atoms with Gasteiger partial charge >= 0.3 is 0 Å². The molecule has 0 aromatic heterocycles. The first-order valence-corrected chi connectivity index (χ1v) is 6.07. The highest BCUT2D eigenvalue weighted by molar-refractivity contribution is 6.00. The summed E-state index contributed by atoms with van der Waals surface area (Å²) in [5.41, 5.74) is 5.90. The van der Waals surface area contributed by atoms with Crippen LogP contribution in [0.25, 0.3) is 0 Å². The monoisotopic (exact) mass is 265 g/mol. The molecule has 0 heterocycles. The molecule has 0 saturated heterocycles. The van der Waals surface area contributed by atoms with Gasteiger partial charge in [0.05, 0.1) is 12.1 Å². The average molecular weight is 265 g/mol. The van der Waals surface area contributed by atoms with Crippen molar-refractivity contribution >= 4 is 17.5 Å². The molecule has 1 saturated carbocycles. The number of amides is 2. The van der Waals surface area contributed by atoms with E-state index < -0.39 is 11.7 Å². The number of halogens is 1. The van der Waals surface area contributed by atoms with Crippen molar-refractivity contribution in [2.45, 2.75) is 18.9 Å². The second-order valence-electron chi connectivity index (χ2n) is 4.73. The summed E-state index contributed by atoms with van der Waals surface area (Å²) in [4.78, 5) is 24.9. The molecule has 1 aromatic rings. The van der Waals surface area contributed by atoms with Gasteiger partial charge < -0.3 is 16.0 Å². The van der Waals surface area contributed by atoms with Crippen LogP contribution in [0.5, 0.6) is 0 Å². The van der Waals surface area contributed by atoms with Crippen LogP contribution < -0.4 is 11.1 Å². The lowest BCUT2D eigenvalue weighted by molar-refractivity contribution is -0.121. The molecule has 5 nitrogen and oxygen atoms in total. The number of hydrogen-bond acceptors (Lipinski definition) is 3. The molecule has 3 N–H and O–H groups in total. The van der Waals surface area contributed by atoms with Crippen molar-refractivity contribution in [3.63, 3.8) is 0 Å². The van der Waals surface area contributed by atoms with Crippen LogP contribution in [0.15, 0.2) is 18.2 Å². The number of likely N-dealkylation sites (N-methyl/N-ethyl adjacent to an activating group) is 1. The largest absolute Gasteiger partial charge is 0.398 e. The lowest BCUT2D eigenvalue weighted by Gasteiger charge is -2.17. The predicted octanol–water partition coefficient (Wildman–Crippen LogP) is 0.758. The van der Waals surface area contributed by atoms with Crippen molar-refractivity contribution in [3.8, 4) is 0 Å². The summed E-state index contributed by atoms with van der Waals surface area (Å²) in [5, 5.41) is 2.78. The number of rotatable bonds is 4. The Morgan fingerprint density at radius 1 is 1.47 bits per heavy atom. The van der Waals surface area contributed by atoms with E-state index in [9.17, 15) is 14.0 Å². The molecule has 6 heteroatoms. The molecule has 0 spiro atoms. The lowest BCUT2D eigenvalue weighted by atomic mass is 10.1. The second kappa shape index (κ2) is 5.26. The molecular weight excluding hydrogens is 249 g/mol. The Labute approximate surface area is 110 Å². The molecule has 0 unspecified atom stereocenters. The van der Waals surface area contributed by atoms with Gasteiger partial charge in [0.2, 0.25) is 5.91 Å². The summed E-state index contributed by atoms with van der Waals surface area (Å²) in [6, 6.07) is 3.84. The fourth-order valence-corrected chi connectivity index (χ4v) is 1.71. The molecule has 102 valence electrons. The van der Waals surface area contributed by atoms with Crippen LogP contribution in [-0.4, -0.2) is 36.3 Å². The first-order valence-electron chi connectivity index (χ1n) is 6.07. The fourth-order valence-electron chi connectivity index (χ4n) is 1.71. The van der Waals surface area contributed by atoms with E-state index in [-0.39, 0.29) is 29.7 Å². The van der Waals surface area contributed by atoms with Gasteiger partial charge in [0.15, 0.2) is 0 Å². The third kappa shape index (κ3) is 3.43. The molecule has 1 aliphatic carbocycles. The number of carbonyl (C=O) groups excluding carboxylic acids is 2. The molecule has 2 rings (SSSR count). The van der Waals surface area contributed by atoms with Crippen molar-refractivity contribution in [3.05, 3.63) is 29.6 Å². The zero-order valence-electron chi connectivity index (χ0n) is 10.6. The Balaban J connectivity index is 2.01. The first-order chi connectivity index (χ1) is 8.97. The average Bonchev–Trinajstić information content (AvgIpc) is 3.15. The minimum absolute atomic E-state index is 0.0642. The van der Waals surface area contributed by atoms with Crippen molar-refractivity contribution in [1.29, 1.82) is 0 Å². The number of carbonyl (C=O) groups is 2. The topological polar surface area (TPSA) is 75.4 Å². The number of nitrogens with zero attached hydrogens (tertiary/aromatic N) is 1. The fraction of sp³-hybridized carbons (Fsp3) is 0.385. The summed E-state index contributed by atoms with van der Waals surface area (Å²) < 4.78 is 13.1. The van der Waals surface area contributed by atoms with E-state index in [1.165, 1.54) is 24.1 Å². The highest BCUT2D eigenvalue weighted by Gasteiger charge is 2.25. The van der Waals surface area contributed by atoms with Crippen LogP contribution in [0.3, 0.4) is 0 Å². The van der Waals surface area contributed by atoms with E-state index in [4.69, 9.17) is 5.73 Å². The summed E-state index contributed by atoms with van der Waals surface area (Å²) in [7, 11) is 1.49. The van der Waals surface area contributed by atoms with Gasteiger partial charge in [0, 0.05) is 18.8 Å². The molecule has 0 bridgehead atoms. The molecule has 2 amide bonds. The Hall–Kier alpha value is -2.11. The zero-order valence-corrected chi connectivity index (χ0v) is 10.6. The van der Waals surface area contributed by atoms with Gasteiger partial charge in [0.1, 0.15) is 5.82 Å². The van der Waals surface area contributed by atoms with Crippen molar-refractivity contribution in [2.75, 3.05) is 19.3 Å². The maximum atomic E-state index is 13.1. The third-order valence-electron chi connectivity index (χ3n) is 2.92. The second-order valence-corrected chi connectivity index (χ2v) is 4.73. The Bertz CT molecular complexity index is 515. The Morgan fingerprint density at radius 3 is 2.79 bits per heavy atom. The Kier molecular flexibility index (Phi) is 3.69. The van der Waals surface area contributed by atoms with E-state index in [0.29, 0.717) is 0 Å². The molecule has 0 aliphatic heterocycles. The van der Waals surface area contributed by atoms with Gasteiger partial charge in [-0.3, -0.25) is 9.59 Å². The molecule has 1 aliphatic rings. The number of benzene rings is 1. The van der Waals surface area contributed by atoms with Crippen LogP contribution in [0.4, 0.5) is 10.1 Å². The van der Waals surface area contributed by atoms with E-state index in [0.717, 1.165) is 18.9 Å². The molecule has 1 aromatic carbocycles. The molecule has 0 atom stereocenters. The number of nitrogens with one attached hydrogen (secondary N) is 1. The quantitative estimate of drug-likeness (QED) is 0.789. The van der Waals surface area contributed by atoms with E-state index in [1.54, 1.807) is 0 Å². The van der Waals surface area contributed by atoms with Crippen molar-refractivity contribution < 1.29 is 14.0 Å². The van der Waals surface area contributed by atoms with Crippen LogP contribution in [-0.2, 0) is 4.79 Å². The maximum Gasteiger partial charge on any atom is 0.256 e. The highest BCUT2D eigenvalue weighted by atomic mass is 19.1. The number of hydrogen-bond donors (Lipinski definition) is 2. The summed E-state index contributed by atoms with van der Waals surface area (Å²) in [6.45, 7) is -0.0642. The van der Waals surface area contributed by atoms with Crippen LogP contribution in [0, 0.1) is 5.82 Å². The third-order valence-corrected chi connectivity index (χ3v) is 2.92. The number of nitrogens with two attached hydrogens (primary N) is 1. The van der Waals surface area contributed by atoms with Crippen LogP contribution >= 0.6 is 0 Å². The minimum atomic E-state index is -0.534. The van der Waals surface area contributed by atoms with E-state index in [1.807, 2.05) is 0 Å². The molecule has 0 radical (unpaired) electrons. The van der Waals surface area contributed by atoms with Gasteiger partial charge in [-0.25, -0.2) is 4.39 Å². The standard InChI is InChI=1S/C13H16FN3O2/c1-17(7-12(18)16-9-3-4-9)13(19)10-6-8(14)2-5-11(10)15/h2,5-6,9H,3-4,7,15H2,1H3,(H,16,18). The van der Waals surface area contributed by atoms with Crippen molar-refractivity contribution in [1.82, 2.24) is 10.2 Å². The first kappa shape index (κ1) is 13.3. The maximum absolute atomic E-state index is 13.1. The molecule has 1 fully saturated rings. The number of anilines is 1. The lowest BCUT2D eigenvalue weighted by Crippen LogP contribution is -2.39. The normalized spacial score (nSPS) is 14.0. The van der Waals surface area contributed by atoms with Gasteiger partial charge in [-0.05, 0) is 31.0 Å². The zero-order chi connectivity index (χ0) is 14.0. The minimum Gasteiger partial charge on any atom is -0.398 e. The van der Waals surface area contributed by atoms with Gasteiger partial charge in [-0.1, -0.05) is 0 Å². The van der Waals surface area contributed by atoms with Crippen LogP contribution in [0.2, 0.25) is 0 Å². The summed E-state index contributed by atoms with van der Waals surface area (Å²) >= 11 is 0. The summed E-state index contributed by atoms with van der Waals surface area (Å²) in [5.74, 6) is -1.22. The highest BCUT2D eigenvalue weighted by Crippen LogP contribution is 2.18. The van der Waals surface area contributed by atoms with Gasteiger partial charge in [-0.2, -0.15) is 0 Å². The predicted molar refractivity (Wildman–Crippen MR) is 68.9 cm³/mol. The van der Waals surface area contributed by atoms with E-state index in [2.05, 4.69) is 5.32 Å². The summed E-state index contributed by atoms with van der Waals surface area (Å²) in [6.07, 6.45) is 1.97. The SMILES string of the molecule is CN(CC(=O)NC1CC1)C(=O)c1cc(F)ccc1N. The molecular formula is C13H16FN3O2. The number of nitrogen functional groups attached to an aromatic ring is 1. The van der Waals surface area contributed by atoms with Gasteiger partial charge in [0.25, 0.3) is 5.91 Å². The van der Waals surface area contributed by atoms with Crippen molar-refractivity contribution in [2.24, 2.45) is 0 Å².